The molecule has 2 rings (SSSR count). The summed E-state index contributed by atoms with van der Waals surface area (Å²) in [5.41, 5.74) is 7.92. The summed E-state index contributed by atoms with van der Waals surface area (Å²) in [4.78, 5) is 0. The van der Waals surface area contributed by atoms with Crippen molar-refractivity contribution in [2.75, 3.05) is 5.73 Å². The van der Waals surface area contributed by atoms with Crippen LogP contribution in [0.25, 0.3) is 5.69 Å². The second-order valence-electron chi connectivity index (χ2n) is 3.17. The molecule has 0 bridgehead atoms. The monoisotopic (exact) mass is 241 g/mol. The second-order valence-corrected chi connectivity index (χ2v) is 3.96. The van der Waals surface area contributed by atoms with Gasteiger partial charge >= 0.3 is 0 Å². The van der Waals surface area contributed by atoms with Crippen LogP contribution < -0.4 is 5.73 Å². The molecule has 2 aromatic rings. The van der Waals surface area contributed by atoms with E-state index in [1.807, 2.05) is 19.1 Å². The average Bonchev–Trinajstić information content (AvgIpc) is 2.53. The van der Waals surface area contributed by atoms with Gasteiger partial charge in [0.2, 0.25) is 0 Å². The van der Waals surface area contributed by atoms with E-state index in [0.717, 1.165) is 11.4 Å². The van der Waals surface area contributed by atoms with Gasteiger partial charge in [-0.05, 0) is 19.1 Å². The Hall–Kier alpha value is -1.19. The molecule has 5 heteroatoms. The third-order valence-electron chi connectivity index (χ3n) is 2.21. The summed E-state index contributed by atoms with van der Waals surface area (Å²) in [5.74, 6) is 0. The minimum absolute atomic E-state index is 0.477. The van der Waals surface area contributed by atoms with E-state index in [4.69, 9.17) is 28.9 Å². The van der Waals surface area contributed by atoms with E-state index in [9.17, 15) is 0 Å². The number of rotatable bonds is 1. The van der Waals surface area contributed by atoms with Gasteiger partial charge < -0.3 is 5.73 Å². The molecule has 0 aliphatic rings. The minimum Gasteiger partial charge on any atom is -0.396 e. The number of hydrogen-bond donors (Lipinski definition) is 1. The molecule has 0 saturated heterocycles. The van der Waals surface area contributed by atoms with E-state index in [2.05, 4.69) is 5.10 Å². The van der Waals surface area contributed by atoms with Crippen LogP contribution in [0.3, 0.4) is 0 Å². The van der Waals surface area contributed by atoms with Gasteiger partial charge in [-0.15, -0.1) is 0 Å². The molecule has 2 N–H and O–H groups in total. The second kappa shape index (κ2) is 3.76. The number of benzene rings is 1. The molecule has 0 fully saturated rings. The molecule has 15 heavy (non-hydrogen) atoms. The zero-order valence-electron chi connectivity index (χ0n) is 8.04. The number of aromatic nitrogens is 2. The molecule has 0 atom stereocenters. The molecule has 1 aromatic carbocycles. The van der Waals surface area contributed by atoms with Crippen LogP contribution in [-0.4, -0.2) is 9.78 Å². The molecule has 0 spiro atoms. The molecular formula is C10H9Cl2N3. The molecule has 0 unspecified atom stereocenters. The lowest BCUT2D eigenvalue weighted by Crippen LogP contribution is -2.00. The SMILES string of the molecule is Cc1c(N)cnn1-c1cccc(Cl)c1Cl. The Bertz CT molecular complexity index is 505. The smallest absolute Gasteiger partial charge is 0.0851 e. The predicted molar refractivity (Wildman–Crippen MR) is 62.7 cm³/mol. The normalized spacial score (nSPS) is 10.6. The largest absolute Gasteiger partial charge is 0.396 e. The van der Waals surface area contributed by atoms with Crippen molar-refractivity contribution in [1.29, 1.82) is 0 Å². The van der Waals surface area contributed by atoms with Gasteiger partial charge in [0.1, 0.15) is 0 Å². The lowest BCUT2D eigenvalue weighted by Gasteiger charge is -2.07. The Labute approximate surface area is 97.4 Å². The van der Waals surface area contributed by atoms with Crippen LogP contribution in [0.4, 0.5) is 5.69 Å². The standard InChI is InChI=1S/C10H9Cl2N3/c1-6-8(13)5-14-15(6)9-4-2-3-7(11)10(9)12/h2-5H,13H2,1H3. The van der Waals surface area contributed by atoms with Crippen LogP contribution >= 0.6 is 23.2 Å². The van der Waals surface area contributed by atoms with Gasteiger partial charge in [0.25, 0.3) is 0 Å². The zero-order valence-corrected chi connectivity index (χ0v) is 9.55. The molecule has 0 saturated carbocycles. The van der Waals surface area contributed by atoms with Gasteiger partial charge in [0, 0.05) is 0 Å². The summed E-state index contributed by atoms with van der Waals surface area (Å²) in [7, 11) is 0. The van der Waals surface area contributed by atoms with Crippen LogP contribution in [0.2, 0.25) is 10.0 Å². The fourth-order valence-corrected chi connectivity index (χ4v) is 1.70. The molecule has 0 aliphatic heterocycles. The summed E-state index contributed by atoms with van der Waals surface area (Å²) in [6.07, 6.45) is 1.59. The summed E-state index contributed by atoms with van der Waals surface area (Å²) in [6.45, 7) is 1.87. The van der Waals surface area contributed by atoms with E-state index in [1.165, 1.54) is 0 Å². The topological polar surface area (TPSA) is 43.8 Å². The molecule has 3 nitrogen and oxygen atoms in total. The van der Waals surface area contributed by atoms with E-state index >= 15 is 0 Å². The average molecular weight is 242 g/mol. The number of nitrogen functional groups attached to an aromatic ring is 1. The number of halogens is 2. The maximum absolute atomic E-state index is 6.08. The van der Waals surface area contributed by atoms with Crippen molar-refractivity contribution in [3.8, 4) is 5.69 Å². The zero-order chi connectivity index (χ0) is 11.0. The first-order valence-corrected chi connectivity index (χ1v) is 5.11. The molecule has 1 aromatic heterocycles. The number of anilines is 1. The maximum Gasteiger partial charge on any atom is 0.0851 e. The van der Waals surface area contributed by atoms with Crippen molar-refractivity contribution >= 4 is 28.9 Å². The van der Waals surface area contributed by atoms with Gasteiger partial charge in [0.15, 0.2) is 0 Å². The highest BCUT2D eigenvalue weighted by Gasteiger charge is 2.10. The Morgan fingerprint density at radius 3 is 2.67 bits per heavy atom. The minimum atomic E-state index is 0.477. The molecule has 78 valence electrons. The van der Waals surface area contributed by atoms with Gasteiger partial charge in [-0.1, -0.05) is 29.3 Å². The van der Waals surface area contributed by atoms with Crippen molar-refractivity contribution in [1.82, 2.24) is 9.78 Å². The van der Waals surface area contributed by atoms with E-state index in [-0.39, 0.29) is 0 Å². The molecule has 0 aliphatic carbocycles. The third kappa shape index (κ3) is 1.68. The number of nitrogens with zero attached hydrogens (tertiary/aromatic N) is 2. The van der Waals surface area contributed by atoms with Gasteiger partial charge in [-0.2, -0.15) is 5.10 Å². The van der Waals surface area contributed by atoms with Crippen molar-refractivity contribution in [2.45, 2.75) is 6.92 Å². The predicted octanol–water partition coefficient (Wildman–Crippen LogP) is 3.07. The highest BCUT2D eigenvalue weighted by molar-refractivity contribution is 6.43. The van der Waals surface area contributed by atoms with Crippen molar-refractivity contribution in [3.63, 3.8) is 0 Å². The summed E-state index contributed by atoms with van der Waals surface area (Å²) >= 11 is 12.0. The van der Waals surface area contributed by atoms with Gasteiger partial charge in [-0.3, -0.25) is 0 Å². The highest BCUT2D eigenvalue weighted by atomic mass is 35.5. The lowest BCUT2D eigenvalue weighted by molar-refractivity contribution is 0.848. The number of hydrogen-bond acceptors (Lipinski definition) is 2. The van der Waals surface area contributed by atoms with Crippen molar-refractivity contribution < 1.29 is 0 Å². The van der Waals surface area contributed by atoms with Crippen LogP contribution in [0.1, 0.15) is 5.69 Å². The lowest BCUT2D eigenvalue weighted by atomic mass is 10.3. The number of nitrogens with two attached hydrogens (primary N) is 1. The van der Waals surface area contributed by atoms with Crippen LogP contribution in [-0.2, 0) is 0 Å². The van der Waals surface area contributed by atoms with E-state index in [1.54, 1.807) is 16.9 Å². The fraction of sp³-hybridized carbons (Fsp3) is 0.100. The summed E-state index contributed by atoms with van der Waals surface area (Å²) < 4.78 is 1.67. The first-order valence-electron chi connectivity index (χ1n) is 4.35. The van der Waals surface area contributed by atoms with Gasteiger partial charge in [-0.25, -0.2) is 4.68 Å². The fourth-order valence-electron chi connectivity index (χ4n) is 1.32. The maximum atomic E-state index is 6.08. The molecule has 0 radical (unpaired) electrons. The molecule has 0 amide bonds. The highest BCUT2D eigenvalue weighted by Crippen LogP contribution is 2.29. The Kier molecular flexibility index (Phi) is 2.59. The van der Waals surface area contributed by atoms with Crippen LogP contribution in [0.5, 0.6) is 0 Å². The third-order valence-corrected chi connectivity index (χ3v) is 3.02. The van der Waals surface area contributed by atoms with Crippen LogP contribution in [0.15, 0.2) is 24.4 Å². The Morgan fingerprint density at radius 2 is 2.07 bits per heavy atom. The summed E-state index contributed by atoms with van der Waals surface area (Å²) in [5, 5.41) is 5.12. The summed E-state index contributed by atoms with van der Waals surface area (Å²) in [6, 6.07) is 5.39. The van der Waals surface area contributed by atoms with E-state index in [0.29, 0.717) is 15.7 Å². The van der Waals surface area contributed by atoms with Gasteiger partial charge in [0.05, 0.1) is 33.3 Å². The van der Waals surface area contributed by atoms with Crippen molar-refractivity contribution in [2.24, 2.45) is 0 Å². The van der Waals surface area contributed by atoms with Crippen molar-refractivity contribution in [3.05, 3.63) is 40.1 Å². The molecule has 1 heterocycles. The van der Waals surface area contributed by atoms with E-state index < -0.39 is 0 Å². The first-order chi connectivity index (χ1) is 7.11. The molecular weight excluding hydrogens is 233 g/mol. The Morgan fingerprint density at radius 1 is 1.33 bits per heavy atom. The Balaban J connectivity index is 2.64. The van der Waals surface area contributed by atoms with Crippen LogP contribution in [0, 0.1) is 6.92 Å². The first kappa shape index (κ1) is 10.3. The quantitative estimate of drug-likeness (QED) is 0.835.